The fraction of sp³-hybridized carbons (Fsp3) is 0.491. The first-order valence-corrected chi connectivity index (χ1v) is 26.1. The minimum atomic E-state index is -0.817. The van der Waals surface area contributed by atoms with Crippen LogP contribution in [0.5, 0.6) is 0 Å². The number of nitrogens with two attached hydrogens (primary N) is 1. The molecular formula is C57H73F3KN9O4. The van der Waals surface area contributed by atoms with Crippen LogP contribution in [0.1, 0.15) is 111 Å². The quantitative estimate of drug-likeness (QED) is 0.206. The van der Waals surface area contributed by atoms with Crippen LogP contribution in [0.3, 0.4) is 0 Å². The SMILES string of the molecule is C=C1/C=C(/C(C)N2CC=C(c3c(C)cc(C(=O)N4CCC(CN5CCCCC5)CC4)cc3F)CC2)N(C)/N=C\C=C/1N1C=C(F)C(NC)=CC(C)O1.[CH2-]CC(C(N)=O)N1C(=O)C2(CC2)c2cc(CC)c(F)cc21.[K+]. The Labute approximate surface area is 478 Å². The zero-order valence-electron chi connectivity index (χ0n) is 44.5. The van der Waals surface area contributed by atoms with E-state index in [2.05, 4.69) is 46.7 Å². The van der Waals surface area contributed by atoms with E-state index in [1.165, 1.54) is 60.6 Å². The fourth-order valence-electron chi connectivity index (χ4n) is 11.4. The molecule has 0 radical (unpaired) electrons. The maximum absolute atomic E-state index is 15.8. The van der Waals surface area contributed by atoms with Crippen LogP contribution >= 0.6 is 0 Å². The fourth-order valence-corrected chi connectivity index (χ4v) is 11.4. The van der Waals surface area contributed by atoms with E-state index in [-0.39, 0.29) is 93.4 Å². The summed E-state index contributed by atoms with van der Waals surface area (Å²) in [7, 11) is 3.56. The predicted octanol–water partition coefficient (Wildman–Crippen LogP) is 5.60. The first-order valence-electron chi connectivity index (χ1n) is 26.1. The van der Waals surface area contributed by atoms with Crippen molar-refractivity contribution in [2.45, 2.75) is 116 Å². The molecule has 2 aromatic carbocycles. The minimum Gasteiger partial charge on any atom is -0.386 e. The van der Waals surface area contributed by atoms with Gasteiger partial charge < -0.3 is 32.7 Å². The number of hydroxylamine groups is 2. The Hall–Kier alpha value is -4.33. The molecule has 1 spiro atoms. The number of amides is 3. The second-order valence-corrected chi connectivity index (χ2v) is 20.6. The molecule has 3 fully saturated rings. The van der Waals surface area contributed by atoms with Crippen LogP contribution in [0.2, 0.25) is 0 Å². The number of likely N-dealkylation sites (tertiary alicyclic amines) is 2. The molecule has 3 amide bonds. The summed E-state index contributed by atoms with van der Waals surface area (Å²) >= 11 is 0. The van der Waals surface area contributed by atoms with Crippen molar-refractivity contribution in [3.8, 4) is 0 Å². The van der Waals surface area contributed by atoms with Gasteiger partial charge in [0.15, 0.2) is 5.83 Å². The summed E-state index contributed by atoms with van der Waals surface area (Å²) in [5.74, 6) is -1.32. The van der Waals surface area contributed by atoms with Gasteiger partial charge in [-0.25, -0.2) is 18.2 Å². The molecule has 6 heterocycles. The first kappa shape index (κ1) is 57.4. The number of aryl methyl sites for hydroxylation is 2. The second kappa shape index (κ2) is 24.8. The largest absolute Gasteiger partial charge is 1.00 e. The maximum Gasteiger partial charge on any atom is 1.00 e. The Bertz CT molecular complexity index is 2640. The monoisotopic (exact) mass is 1040 g/mol. The van der Waals surface area contributed by atoms with Gasteiger partial charge in [-0.05, 0) is 161 Å². The van der Waals surface area contributed by atoms with Gasteiger partial charge in [-0.3, -0.25) is 29.1 Å². The van der Waals surface area contributed by atoms with Crippen molar-refractivity contribution >= 4 is 35.2 Å². The van der Waals surface area contributed by atoms with Gasteiger partial charge in [-0.1, -0.05) is 26.0 Å². The number of benzene rings is 2. The van der Waals surface area contributed by atoms with E-state index < -0.39 is 23.2 Å². The Morgan fingerprint density at radius 1 is 1.04 bits per heavy atom. The number of piperidine rings is 2. The number of hydrazone groups is 1. The summed E-state index contributed by atoms with van der Waals surface area (Å²) < 4.78 is 44.9. The third kappa shape index (κ3) is 12.3. The maximum atomic E-state index is 15.8. The van der Waals surface area contributed by atoms with Gasteiger partial charge in [0.2, 0.25) is 11.8 Å². The summed E-state index contributed by atoms with van der Waals surface area (Å²) in [4.78, 5) is 52.0. The van der Waals surface area contributed by atoms with Gasteiger partial charge in [0.05, 0.1) is 40.4 Å². The molecule has 6 aliphatic heterocycles. The third-order valence-corrected chi connectivity index (χ3v) is 15.7. The molecule has 2 saturated heterocycles. The molecule has 1 aliphatic carbocycles. The minimum absolute atomic E-state index is 0. The summed E-state index contributed by atoms with van der Waals surface area (Å²) in [6, 6.07) is 5.57. The van der Waals surface area contributed by atoms with Crippen molar-refractivity contribution in [2.75, 3.05) is 64.8 Å². The smallest absolute Gasteiger partial charge is 0.386 e. The zero-order chi connectivity index (χ0) is 52.3. The van der Waals surface area contributed by atoms with Gasteiger partial charge in [0, 0.05) is 70.2 Å². The van der Waals surface area contributed by atoms with Crippen LogP contribution < -0.4 is 67.3 Å². The molecule has 9 rings (SSSR count). The number of hydrogen-bond acceptors (Lipinski definition) is 10. The van der Waals surface area contributed by atoms with Crippen molar-refractivity contribution in [1.29, 1.82) is 0 Å². The van der Waals surface area contributed by atoms with Gasteiger partial charge in [0.25, 0.3) is 5.91 Å². The Morgan fingerprint density at radius 3 is 2.36 bits per heavy atom. The summed E-state index contributed by atoms with van der Waals surface area (Å²) in [6.45, 7) is 22.1. The topological polar surface area (TPSA) is 130 Å². The number of nitrogens with zero attached hydrogens (tertiary/aromatic N) is 7. The van der Waals surface area contributed by atoms with E-state index in [4.69, 9.17) is 10.6 Å². The van der Waals surface area contributed by atoms with Crippen LogP contribution in [-0.2, 0) is 26.3 Å². The molecular weight excluding hydrogens is 971 g/mol. The normalized spacial score (nSPS) is 24.0. The molecule has 3 N–H and O–H groups in total. The third-order valence-electron chi connectivity index (χ3n) is 15.7. The number of fused-ring (bicyclic) bond motifs is 2. The average molecular weight is 1040 g/mol. The molecule has 13 nitrogen and oxygen atoms in total. The molecule has 3 atom stereocenters. The molecule has 7 aliphatic rings. The number of rotatable bonds is 12. The van der Waals surface area contributed by atoms with Crippen LogP contribution in [0.25, 0.3) is 5.57 Å². The standard InChI is InChI=1S/C41H55F2N7O2.C16H18FN2O2.K/c1-28-23-39(46(6)45-15-10-38(28)50-27-36(43)37(44-5)24-30(3)52-50)31(4)48-20-13-33(14-21-48)40-29(2)22-34(25-35(40)42)41(51)49-18-11-32(12-19-49)26-47-16-8-7-9-17-47;1-3-9-7-10-13(8-11(9)17)19(12(4-2)14(18)20)15(21)16(10)5-6-16;/h10,13,15,22-25,27,30-32,44H,1,7-9,11-12,14,16-21,26H2,2-6H3;7-8,12H,2-6H2,1H3,(H2,18,20);/q;-1;+1/b38-10+,39-23-,45-15-;;. The van der Waals surface area contributed by atoms with Crippen molar-refractivity contribution in [1.82, 2.24) is 30.1 Å². The van der Waals surface area contributed by atoms with E-state index in [1.807, 2.05) is 49.9 Å². The molecule has 3 unspecified atom stereocenters. The van der Waals surface area contributed by atoms with E-state index in [0.29, 0.717) is 71.2 Å². The molecule has 0 aromatic heterocycles. The molecule has 74 heavy (non-hydrogen) atoms. The average Bonchev–Trinajstić information content (AvgIpc) is 4.17. The number of primary amides is 1. The van der Waals surface area contributed by atoms with E-state index >= 15 is 4.39 Å². The molecule has 17 heteroatoms. The number of nitrogens with one attached hydrogen (secondary N) is 1. The van der Waals surface area contributed by atoms with Gasteiger partial charge >= 0.3 is 51.4 Å². The van der Waals surface area contributed by atoms with Crippen LogP contribution in [0.4, 0.5) is 18.9 Å². The number of halogens is 3. The number of likely N-dealkylation sites (N-methyl/N-ethyl adjacent to an activating group) is 2. The number of carbonyl (C=O) groups excluding carboxylic acids is 3. The van der Waals surface area contributed by atoms with E-state index in [0.717, 1.165) is 67.7 Å². The summed E-state index contributed by atoms with van der Waals surface area (Å²) in [6.07, 6.45) is 18.9. The first-order chi connectivity index (χ1) is 35.0. The van der Waals surface area contributed by atoms with Gasteiger partial charge in [-0.2, -0.15) is 11.5 Å². The number of allylic oxidation sites excluding steroid dienone is 3. The predicted molar refractivity (Wildman–Crippen MR) is 281 cm³/mol. The number of carbonyl (C=O) groups is 3. The van der Waals surface area contributed by atoms with Gasteiger partial charge in [-0.15, -0.1) is 0 Å². The molecule has 2 aromatic rings. The van der Waals surface area contributed by atoms with E-state index in [1.54, 1.807) is 31.5 Å². The number of anilines is 1. The van der Waals surface area contributed by atoms with Crippen molar-refractivity contribution in [3.05, 3.63) is 136 Å². The van der Waals surface area contributed by atoms with Crippen LogP contribution in [0, 0.1) is 31.4 Å². The summed E-state index contributed by atoms with van der Waals surface area (Å²) in [5.41, 5.74) is 12.0. The Balaban J connectivity index is 0.000000302. The van der Waals surface area contributed by atoms with Crippen molar-refractivity contribution < 1.29 is 83.8 Å². The van der Waals surface area contributed by atoms with Crippen LogP contribution in [0.15, 0.2) is 94.9 Å². The molecule has 0 bridgehead atoms. The Kier molecular flexibility index (Phi) is 19.2. The zero-order valence-corrected chi connectivity index (χ0v) is 47.6. The summed E-state index contributed by atoms with van der Waals surface area (Å²) in [5, 5.41) is 10.7. The second-order valence-electron chi connectivity index (χ2n) is 20.6. The molecule has 1 saturated carbocycles. The van der Waals surface area contributed by atoms with Crippen molar-refractivity contribution in [3.63, 3.8) is 0 Å². The number of hydrogen-bond donors (Lipinski definition) is 2. The van der Waals surface area contributed by atoms with Gasteiger partial charge in [0.1, 0.15) is 17.7 Å². The van der Waals surface area contributed by atoms with Crippen LogP contribution in [-0.4, -0.2) is 127 Å². The molecule has 392 valence electrons. The van der Waals surface area contributed by atoms with E-state index in [9.17, 15) is 23.2 Å². The Morgan fingerprint density at radius 2 is 1.76 bits per heavy atom. The van der Waals surface area contributed by atoms with Crippen molar-refractivity contribution in [2.24, 2.45) is 16.8 Å².